The lowest BCUT2D eigenvalue weighted by Crippen LogP contribution is -2.14. The third kappa shape index (κ3) is 2.27. The van der Waals surface area contributed by atoms with Crippen molar-refractivity contribution in [1.82, 2.24) is 14.6 Å². The Morgan fingerprint density at radius 1 is 1.36 bits per heavy atom. The molecule has 1 aromatic carbocycles. The first-order valence-corrected chi connectivity index (χ1v) is 7.00. The zero-order valence-electron chi connectivity index (χ0n) is 11.9. The minimum absolute atomic E-state index is 0.215. The first kappa shape index (κ1) is 14.3. The number of hydrogen-bond donors (Lipinski definition) is 1. The number of hydrogen-bond acceptors (Lipinski definition) is 3. The van der Waals surface area contributed by atoms with Crippen LogP contribution in [0.15, 0.2) is 36.9 Å². The number of rotatable bonds is 3. The van der Waals surface area contributed by atoms with Gasteiger partial charge in [0.1, 0.15) is 10.8 Å². The number of aryl methyl sites for hydroxylation is 1. The number of nitrogens with zero attached hydrogens (tertiary/aromatic N) is 3. The minimum Gasteiger partial charge on any atom is -0.389 e. The molecule has 0 aliphatic heterocycles. The SMILES string of the molecule is C=Cc1nc2c(C(N)=S)c(-c3ccc(F)cc3)cc(C)n2n1. The van der Waals surface area contributed by atoms with Crippen LogP contribution in [0.25, 0.3) is 22.9 Å². The molecule has 0 saturated heterocycles. The number of halogens is 1. The lowest BCUT2D eigenvalue weighted by molar-refractivity contribution is 0.628. The predicted octanol–water partition coefficient (Wildman–Crippen LogP) is 3.12. The summed E-state index contributed by atoms with van der Waals surface area (Å²) in [6.45, 7) is 5.58. The summed E-state index contributed by atoms with van der Waals surface area (Å²) in [5, 5.41) is 4.34. The molecule has 0 bridgehead atoms. The molecule has 3 aromatic rings. The van der Waals surface area contributed by atoms with Crippen molar-refractivity contribution in [2.45, 2.75) is 6.92 Å². The van der Waals surface area contributed by atoms with Gasteiger partial charge in [0.05, 0.1) is 5.56 Å². The van der Waals surface area contributed by atoms with Gasteiger partial charge in [-0.25, -0.2) is 13.9 Å². The quantitative estimate of drug-likeness (QED) is 0.755. The lowest BCUT2D eigenvalue weighted by atomic mass is 10.00. The average Bonchev–Trinajstić information content (AvgIpc) is 2.92. The standard InChI is InChI=1S/C16H13FN4S/c1-3-13-19-16-14(15(18)22)12(8-9(2)21(16)20-13)10-4-6-11(17)7-5-10/h3-8H,1H2,2H3,(H2,18,22). The van der Waals surface area contributed by atoms with Gasteiger partial charge in [0, 0.05) is 5.69 Å². The van der Waals surface area contributed by atoms with Gasteiger partial charge in [0.25, 0.3) is 0 Å². The van der Waals surface area contributed by atoms with Crippen molar-refractivity contribution in [3.05, 3.63) is 59.8 Å². The van der Waals surface area contributed by atoms with Crippen molar-refractivity contribution in [3.8, 4) is 11.1 Å². The number of pyridine rings is 1. The fourth-order valence-corrected chi connectivity index (χ4v) is 2.59. The Kier molecular flexibility index (Phi) is 3.46. The molecule has 0 amide bonds. The first-order chi connectivity index (χ1) is 10.5. The lowest BCUT2D eigenvalue weighted by Gasteiger charge is -2.11. The van der Waals surface area contributed by atoms with Gasteiger partial charge in [-0.15, -0.1) is 5.10 Å². The van der Waals surface area contributed by atoms with Crippen LogP contribution in [-0.4, -0.2) is 19.6 Å². The second-order valence-electron chi connectivity index (χ2n) is 4.86. The molecule has 0 fully saturated rings. The Bertz CT molecular complexity index is 897. The molecule has 2 aromatic heterocycles. The Morgan fingerprint density at radius 3 is 2.64 bits per heavy atom. The molecule has 2 N–H and O–H groups in total. The maximum Gasteiger partial charge on any atom is 0.174 e. The molecule has 0 atom stereocenters. The molecule has 22 heavy (non-hydrogen) atoms. The van der Waals surface area contributed by atoms with Crippen molar-refractivity contribution < 1.29 is 4.39 Å². The Hall–Kier alpha value is -2.60. The largest absolute Gasteiger partial charge is 0.389 e. The van der Waals surface area contributed by atoms with Crippen LogP contribution in [0.4, 0.5) is 4.39 Å². The number of nitrogens with two attached hydrogens (primary N) is 1. The smallest absolute Gasteiger partial charge is 0.174 e. The van der Waals surface area contributed by atoms with Crippen molar-refractivity contribution in [2.24, 2.45) is 5.73 Å². The maximum absolute atomic E-state index is 13.2. The van der Waals surface area contributed by atoms with E-state index in [1.807, 2.05) is 13.0 Å². The van der Waals surface area contributed by atoms with Gasteiger partial charge in [-0.1, -0.05) is 30.9 Å². The third-order valence-electron chi connectivity index (χ3n) is 3.39. The zero-order chi connectivity index (χ0) is 15.9. The van der Waals surface area contributed by atoms with Crippen LogP contribution < -0.4 is 5.73 Å². The summed E-state index contributed by atoms with van der Waals surface area (Å²) in [4.78, 5) is 4.62. The van der Waals surface area contributed by atoms with E-state index < -0.39 is 0 Å². The predicted molar refractivity (Wildman–Crippen MR) is 89.1 cm³/mol. The van der Waals surface area contributed by atoms with Crippen LogP contribution in [0.5, 0.6) is 0 Å². The molecule has 0 radical (unpaired) electrons. The fraction of sp³-hybridized carbons (Fsp3) is 0.0625. The molecular formula is C16H13FN4S. The van der Waals surface area contributed by atoms with Crippen LogP contribution in [-0.2, 0) is 0 Å². The molecule has 2 heterocycles. The molecule has 0 aliphatic carbocycles. The van der Waals surface area contributed by atoms with Crippen LogP contribution in [0.1, 0.15) is 17.1 Å². The minimum atomic E-state index is -0.296. The number of fused-ring (bicyclic) bond motifs is 1. The Balaban J connectivity index is 2.38. The second-order valence-corrected chi connectivity index (χ2v) is 5.29. The number of thiocarbonyl (C=S) groups is 1. The Morgan fingerprint density at radius 2 is 2.05 bits per heavy atom. The summed E-state index contributed by atoms with van der Waals surface area (Å²) < 4.78 is 14.8. The summed E-state index contributed by atoms with van der Waals surface area (Å²) >= 11 is 5.19. The first-order valence-electron chi connectivity index (χ1n) is 6.60. The van der Waals surface area contributed by atoms with E-state index in [2.05, 4.69) is 16.7 Å². The van der Waals surface area contributed by atoms with Gasteiger partial charge < -0.3 is 5.73 Å². The summed E-state index contributed by atoms with van der Waals surface area (Å²) in [6, 6.07) is 8.09. The maximum atomic E-state index is 13.2. The highest BCUT2D eigenvalue weighted by atomic mass is 32.1. The van der Waals surface area contributed by atoms with Gasteiger partial charge >= 0.3 is 0 Å². The van der Waals surface area contributed by atoms with Gasteiger partial charge in [-0.2, -0.15) is 0 Å². The highest BCUT2D eigenvalue weighted by molar-refractivity contribution is 7.80. The van der Waals surface area contributed by atoms with Gasteiger partial charge in [0.2, 0.25) is 0 Å². The number of aromatic nitrogens is 3. The molecule has 0 saturated carbocycles. The van der Waals surface area contributed by atoms with Crippen LogP contribution in [0.2, 0.25) is 0 Å². The van der Waals surface area contributed by atoms with Crippen molar-refractivity contribution in [1.29, 1.82) is 0 Å². The topological polar surface area (TPSA) is 56.2 Å². The summed E-state index contributed by atoms with van der Waals surface area (Å²) in [5.41, 5.74) is 9.58. The van der Waals surface area contributed by atoms with E-state index >= 15 is 0 Å². The van der Waals surface area contributed by atoms with Gasteiger partial charge in [-0.3, -0.25) is 0 Å². The summed E-state index contributed by atoms with van der Waals surface area (Å²) in [5.74, 6) is 0.201. The van der Waals surface area contributed by atoms with E-state index in [1.54, 1.807) is 22.7 Å². The second kappa shape index (κ2) is 5.31. The summed E-state index contributed by atoms with van der Waals surface area (Å²) in [7, 11) is 0. The van der Waals surface area contributed by atoms with Crippen LogP contribution in [0.3, 0.4) is 0 Å². The van der Waals surface area contributed by atoms with Crippen LogP contribution in [0, 0.1) is 12.7 Å². The normalized spacial score (nSPS) is 10.8. The molecule has 110 valence electrons. The highest BCUT2D eigenvalue weighted by Gasteiger charge is 2.17. The molecule has 3 rings (SSSR count). The molecule has 0 spiro atoms. The van der Waals surface area contributed by atoms with Crippen molar-refractivity contribution >= 4 is 28.9 Å². The van der Waals surface area contributed by atoms with E-state index in [9.17, 15) is 4.39 Å². The summed E-state index contributed by atoms with van der Waals surface area (Å²) in [6.07, 6.45) is 1.56. The van der Waals surface area contributed by atoms with E-state index in [-0.39, 0.29) is 10.8 Å². The monoisotopic (exact) mass is 312 g/mol. The van der Waals surface area contributed by atoms with E-state index in [4.69, 9.17) is 18.0 Å². The van der Waals surface area contributed by atoms with E-state index in [0.29, 0.717) is 17.0 Å². The molecule has 0 aliphatic rings. The van der Waals surface area contributed by atoms with Crippen molar-refractivity contribution in [2.75, 3.05) is 0 Å². The average molecular weight is 312 g/mol. The van der Waals surface area contributed by atoms with Crippen LogP contribution >= 0.6 is 12.2 Å². The van der Waals surface area contributed by atoms with Gasteiger partial charge in [-0.05, 0) is 42.3 Å². The van der Waals surface area contributed by atoms with Gasteiger partial charge in [0.15, 0.2) is 11.5 Å². The molecule has 4 nitrogen and oxygen atoms in total. The molecule has 6 heteroatoms. The zero-order valence-corrected chi connectivity index (χ0v) is 12.7. The van der Waals surface area contributed by atoms with E-state index in [1.165, 1.54) is 12.1 Å². The third-order valence-corrected chi connectivity index (χ3v) is 3.59. The highest BCUT2D eigenvalue weighted by Crippen LogP contribution is 2.28. The fourth-order valence-electron chi connectivity index (χ4n) is 2.38. The van der Waals surface area contributed by atoms with E-state index in [0.717, 1.165) is 16.8 Å². The Labute approximate surface area is 132 Å². The molecular weight excluding hydrogens is 299 g/mol. The number of benzene rings is 1. The molecule has 0 unspecified atom stereocenters. The van der Waals surface area contributed by atoms with Crippen molar-refractivity contribution in [3.63, 3.8) is 0 Å².